The number of benzene rings is 1. The molecule has 0 bridgehead atoms. The maximum Gasteiger partial charge on any atom is 0.266 e. The first-order valence-corrected chi connectivity index (χ1v) is 11.6. The van der Waals surface area contributed by atoms with Gasteiger partial charge in [-0.3, -0.25) is 14.5 Å². The lowest BCUT2D eigenvalue weighted by Crippen LogP contribution is -2.45. The minimum atomic E-state index is -3.10. The molecule has 0 radical (unpaired) electrons. The molecule has 2 saturated heterocycles. The van der Waals surface area contributed by atoms with Gasteiger partial charge in [-0.15, -0.1) is 0 Å². The molecule has 0 unspecified atom stereocenters. The topological polar surface area (TPSA) is 84.0 Å². The molecule has 2 aliphatic heterocycles. The maximum absolute atomic E-state index is 12.7. The third-order valence-electron chi connectivity index (χ3n) is 4.74. The van der Waals surface area contributed by atoms with Crippen molar-refractivity contribution >= 4 is 56.0 Å². The van der Waals surface area contributed by atoms with Gasteiger partial charge in [-0.05, 0) is 18.6 Å². The van der Waals surface area contributed by atoms with Crippen LogP contribution in [0, 0.1) is 0 Å². The van der Waals surface area contributed by atoms with Crippen molar-refractivity contribution in [1.82, 2.24) is 9.80 Å². The molecule has 2 aliphatic rings. The van der Waals surface area contributed by atoms with E-state index in [1.807, 2.05) is 18.2 Å². The molecule has 0 saturated carbocycles. The highest BCUT2D eigenvalue weighted by molar-refractivity contribution is 8.26. The second-order valence-corrected chi connectivity index (χ2v) is 10.5. The fourth-order valence-electron chi connectivity index (χ4n) is 3.09. The molecule has 2 amide bonds. The third kappa shape index (κ3) is 4.39. The number of thiocarbonyl (C=S) groups is 1. The summed E-state index contributed by atoms with van der Waals surface area (Å²) in [7, 11) is 0.0187. The van der Waals surface area contributed by atoms with E-state index in [0.29, 0.717) is 21.4 Å². The highest BCUT2D eigenvalue weighted by atomic mass is 32.2. The molecule has 2 heterocycles. The monoisotopic (exact) mass is 440 g/mol. The van der Waals surface area contributed by atoms with Crippen LogP contribution in [0.2, 0.25) is 0 Å². The van der Waals surface area contributed by atoms with Gasteiger partial charge in [0.1, 0.15) is 16.6 Å². The van der Waals surface area contributed by atoms with E-state index >= 15 is 0 Å². The molecular formula is C18H20N2O5S3. The van der Waals surface area contributed by atoms with Gasteiger partial charge in [0.05, 0.1) is 23.5 Å². The van der Waals surface area contributed by atoms with Crippen molar-refractivity contribution in [1.29, 1.82) is 0 Å². The second-order valence-electron chi connectivity index (χ2n) is 6.57. The predicted octanol–water partition coefficient (Wildman–Crippen LogP) is 1.54. The fraction of sp³-hybridized carbons (Fsp3) is 0.389. The Morgan fingerprint density at radius 2 is 2.14 bits per heavy atom. The van der Waals surface area contributed by atoms with E-state index in [1.165, 1.54) is 9.80 Å². The summed E-state index contributed by atoms with van der Waals surface area (Å²) in [6.07, 6.45) is 2.10. The van der Waals surface area contributed by atoms with E-state index < -0.39 is 9.84 Å². The molecule has 1 atom stereocenters. The van der Waals surface area contributed by atoms with Crippen LogP contribution in [-0.4, -0.2) is 72.6 Å². The average molecular weight is 441 g/mol. The van der Waals surface area contributed by atoms with Crippen LogP contribution in [0.15, 0.2) is 29.2 Å². The van der Waals surface area contributed by atoms with Crippen LogP contribution in [0.25, 0.3) is 6.08 Å². The Labute approximate surface area is 173 Å². The van der Waals surface area contributed by atoms with E-state index in [0.717, 1.165) is 17.3 Å². The molecule has 0 spiro atoms. The highest BCUT2D eigenvalue weighted by Crippen LogP contribution is 2.34. The summed E-state index contributed by atoms with van der Waals surface area (Å²) < 4.78 is 28.9. The number of hydrogen-bond donors (Lipinski definition) is 0. The fourth-order valence-corrected chi connectivity index (χ4v) is 6.11. The van der Waals surface area contributed by atoms with E-state index in [1.54, 1.807) is 26.3 Å². The van der Waals surface area contributed by atoms with Gasteiger partial charge in [0.2, 0.25) is 5.91 Å². The quantitative estimate of drug-likeness (QED) is 0.507. The van der Waals surface area contributed by atoms with Crippen molar-refractivity contribution in [2.75, 3.05) is 32.2 Å². The van der Waals surface area contributed by atoms with Crippen LogP contribution < -0.4 is 4.74 Å². The van der Waals surface area contributed by atoms with Gasteiger partial charge < -0.3 is 9.64 Å². The number of thioether (sulfide) groups is 1. The van der Waals surface area contributed by atoms with Crippen molar-refractivity contribution in [3.63, 3.8) is 0 Å². The highest BCUT2D eigenvalue weighted by Gasteiger charge is 2.37. The largest absolute Gasteiger partial charge is 0.496 e. The van der Waals surface area contributed by atoms with Gasteiger partial charge >= 0.3 is 0 Å². The van der Waals surface area contributed by atoms with Crippen LogP contribution in [-0.2, 0) is 19.4 Å². The maximum atomic E-state index is 12.7. The van der Waals surface area contributed by atoms with Crippen LogP contribution in [0.3, 0.4) is 0 Å². The summed E-state index contributed by atoms with van der Waals surface area (Å²) in [4.78, 5) is 28.4. The molecular weight excluding hydrogens is 420 g/mol. The SMILES string of the molecule is COc1ccccc1/C=C1\SC(=S)N(CC(=O)N(C)[C@@H]2CCS(=O)(=O)C2)C1=O. The number of methoxy groups -OCH3 is 1. The first kappa shape index (κ1) is 20.8. The molecule has 3 rings (SSSR count). The molecule has 10 heteroatoms. The molecule has 0 aliphatic carbocycles. The van der Waals surface area contributed by atoms with Crippen molar-refractivity contribution in [2.45, 2.75) is 12.5 Å². The van der Waals surface area contributed by atoms with Crippen LogP contribution in [0.4, 0.5) is 0 Å². The van der Waals surface area contributed by atoms with E-state index in [9.17, 15) is 18.0 Å². The lowest BCUT2D eigenvalue weighted by Gasteiger charge is -2.25. The summed E-state index contributed by atoms with van der Waals surface area (Å²) in [5, 5.41) is 0. The molecule has 0 aromatic heterocycles. The second kappa shape index (κ2) is 8.22. The zero-order valence-corrected chi connectivity index (χ0v) is 17.9. The van der Waals surface area contributed by atoms with Gasteiger partial charge in [-0.25, -0.2) is 8.42 Å². The lowest BCUT2D eigenvalue weighted by atomic mass is 10.2. The summed E-state index contributed by atoms with van der Waals surface area (Å²) in [6, 6.07) is 6.92. The number of nitrogens with zero attached hydrogens (tertiary/aromatic N) is 2. The van der Waals surface area contributed by atoms with Gasteiger partial charge in [0, 0.05) is 18.7 Å². The van der Waals surface area contributed by atoms with E-state index in [-0.39, 0.29) is 35.9 Å². The van der Waals surface area contributed by atoms with Crippen molar-refractivity contribution in [2.24, 2.45) is 0 Å². The smallest absolute Gasteiger partial charge is 0.266 e. The molecule has 28 heavy (non-hydrogen) atoms. The molecule has 1 aromatic rings. The van der Waals surface area contributed by atoms with Gasteiger partial charge in [0.25, 0.3) is 5.91 Å². The predicted molar refractivity (Wildman–Crippen MR) is 113 cm³/mol. The zero-order valence-electron chi connectivity index (χ0n) is 15.5. The number of likely N-dealkylation sites (N-methyl/N-ethyl adjacent to an activating group) is 1. The number of rotatable bonds is 5. The number of para-hydroxylation sites is 1. The molecule has 150 valence electrons. The number of amides is 2. The molecule has 0 N–H and O–H groups in total. The standard InChI is InChI=1S/C18H20N2O5S3/c1-19(13-7-8-28(23,24)11-13)16(21)10-20-17(22)15(27-18(20)26)9-12-5-3-4-6-14(12)25-2/h3-6,9,13H,7-8,10-11H2,1-2H3/b15-9-/t13-/m1/s1. The Bertz CT molecular complexity index is 958. The first-order valence-electron chi connectivity index (χ1n) is 8.56. The third-order valence-corrected chi connectivity index (χ3v) is 7.87. The number of hydrogen-bond acceptors (Lipinski definition) is 7. The van der Waals surface area contributed by atoms with Crippen LogP contribution >= 0.6 is 24.0 Å². The van der Waals surface area contributed by atoms with E-state index in [2.05, 4.69) is 0 Å². The number of sulfone groups is 1. The lowest BCUT2D eigenvalue weighted by molar-refractivity contribution is -0.135. The van der Waals surface area contributed by atoms with Crippen LogP contribution in [0.1, 0.15) is 12.0 Å². The Hall–Kier alpha value is -1.91. The molecule has 2 fully saturated rings. The summed E-state index contributed by atoms with van der Waals surface area (Å²) >= 11 is 6.41. The number of carbonyl (C=O) groups is 2. The van der Waals surface area contributed by atoms with Crippen molar-refractivity contribution in [3.8, 4) is 5.75 Å². The molecule has 7 nitrogen and oxygen atoms in total. The molecule has 1 aromatic carbocycles. The Kier molecular flexibility index (Phi) is 6.11. The van der Waals surface area contributed by atoms with Crippen molar-refractivity contribution in [3.05, 3.63) is 34.7 Å². The normalized spacial score (nSPS) is 22.7. The van der Waals surface area contributed by atoms with Gasteiger partial charge in [0.15, 0.2) is 9.84 Å². The van der Waals surface area contributed by atoms with Crippen LogP contribution in [0.5, 0.6) is 5.75 Å². The summed E-state index contributed by atoms with van der Waals surface area (Å²) in [6.45, 7) is -0.207. The Morgan fingerprint density at radius 1 is 1.43 bits per heavy atom. The van der Waals surface area contributed by atoms with Crippen molar-refractivity contribution < 1.29 is 22.7 Å². The number of ether oxygens (including phenoxy) is 1. The zero-order chi connectivity index (χ0) is 20.5. The summed E-state index contributed by atoms with van der Waals surface area (Å²) in [5.41, 5.74) is 0.741. The minimum Gasteiger partial charge on any atom is -0.496 e. The van der Waals surface area contributed by atoms with Gasteiger partial charge in [-0.1, -0.05) is 42.2 Å². The average Bonchev–Trinajstić information content (AvgIpc) is 3.15. The van der Waals surface area contributed by atoms with Gasteiger partial charge in [-0.2, -0.15) is 0 Å². The minimum absolute atomic E-state index is 0.0403. The summed E-state index contributed by atoms with van der Waals surface area (Å²) in [5.74, 6) is -0.0102. The Balaban J connectivity index is 1.72. The van der Waals surface area contributed by atoms with E-state index in [4.69, 9.17) is 17.0 Å². The first-order chi connectivity index (χ1) is 13.2. The Morgan fingerprint density at radius 3 is 2.79 bits per heavy atom. The number of carbonyl (C=O) groups excluding carboxylic acids is 2.